The van der Waals surface area contributed by atoms with Gasteiger partial charge < -0.3 is 4.74 Å². The maximum absolute atomic E-state index is 11.5. The molecule has 7 nitrogen and oxygen atoms in total. The molecule has 0 aromatic carbocycles. The number of carbonyl (C=O) groups excluding carboxylic acids is 1. The quantitative estimate of drug-likeness (QED) is 0.772. The van der Waals surface area contributed by atoms with E-state index < -0.39 is 11.7 Å². The topological polar surface area (TPSA) is 94.0 Å². The van der Waals surface area contributed by atoms with Gasteiger partial charge in [-0.3, -0.25) is 4.98 Å². The lowest BCUT2D eigenvalue weighted by molar-refractivity contribution is -0.347. The standard InChI is InChI=1S/C10H12ClN5O2/c1-10(2,3)18-9(17)16-8-14-6(11)5-7(15-8)13-4-12-5/h4H,1-3H3,(H2,12,13,14,15,16,17)/p+1. The fourth-order valence-corrected chi connectivity index (χ4v) is 1.52. The highest BCUT2D eigenvalue weighted by molar-refractivity contribution is 6.33. The summed E-state index contributed by atoms with van der Waals surface area (Å²) in [7, 11) is 0. The molecule has 0 aliphatic carbocycles. The van der Waals surface area contributed by atoms with Gasteiger partial charge >= 0.3 is 17.7 Å². The molecule has 0 aliphatic heterocycles. The average Bonchev–Trinajstić information content (AvgIpc) is 2.62. The molecule has 0 unspecified atom stereocenters. The van der Waals surface area contributed by atoms with E-state index in [2.05, 4.69) is 25.3 Å². The lowest BCUT2D eigenvalue weighted by Gasteiger charge is -2.18. The molecule has 18 heavy (non-hydrogen) atoms. The number of hydrogen-bond acceptors (Lipinski definition) is 4. The van der Waals surface area contributed by atoms with Crippen molar-refractivity contribution >= 4 is 34.8 Å². The van der Waals surface area contributed by atoms with Gasteiger partial charge in [0.1, 0.15) is 5.60 Å². The van der Waals surface area contributed by atoms with Crippen molar-refractivity contribution in [2.24, 2.45) is 0 Å². The number of rotatable bonds is 1. The van der Waals surface area contributed by atoms with Gasteiger partial charge in [0.2, 0.25) is 5.52 Å². The van der Waals surface area contributed by atoms with Crippen LogP contribution < -0.4 is 10.3 Å². The number of carbonyl (C=O) groups is 1. The van der Waals surface area contributed by atoms with Crippen LogP contribution in [-0.4, -0.2) is 26.6 Å². The summed E-state index contributed by atoms with van der Waals surface area (Å²) in [6.45, 7) is 5.30. The molecule has 0 atom stereocenters. The fourth-order valence-electron chi connectivity index (χ4n) is 1.29. The number of nitrogens with one attached hydrogen (secondary N) is 3. The Labute approximate surface area is 108 Å². The van der Waals surface area contributed by atoms with Crippen molar-refractivity contribution in [3.63, 3.8) is 0 Å². The highest BCUT2D eigenvalue weighted by Gasteiger charge is 2.20. The van der Waals surface area contributed by atoms with Crippen molar-refractivity contribution < 1.29 is 14.5 Å². The summed E-state index contributed by atoms with van der Waals surface area (Å²) < 4.78 is 5.08. The molecule has 2 aromatic rings. The molecule has 0 aliphatic rings. The molecule has 0 bridgehead atoms. The van der Waals surface area contributed by atoms with Gasteiger partial charge in [-0.25, -0.2) is 15.1 Å². The molecule has 96 valence electrons. The second-order valence-electron chi connectivity index (χ2n) is 4.62. The van der Waals surface area contributed by atoms with Crippen LogP contribution in [0.1, 0.15) is 20.8 Å². The number of hydrogen-bond donors (Lipinski definition) is 2. The number of fused-ring (bicyclic) bond motifs is 1. The third kappa shape index (κ3) is 2.86. The first-order valence-electron chi connectivity index (χ1n) is 5.27. The second-order valence-corrected chi connectivity index (χ2v) is 4.98. The Morgan fingerprint density at radius 1 is 1.50 bits per heavy atom. The zero-order valence-electron chi connectivity index (χ0n) is 10.2. The van der Waals surface area contributed by atoms with Gasteiger partial charge in [0, 0.05) is 0 Å². The molecule has 8 heteroatoms. The van der Waals surface area contributed by atoms with Gasteiger partial charge in [-0.15, -0.1) is 0 Å². The first-order chi connectivity index (χ1) is 8.35. The molecular formula is C10H13ClN5O2+. The molecule has 0 fully saturated rings. The van der Waals surface area contributed by atoms with Crippen LogP contribution in [0, 0.1) is 0 Å². The minimum absolute atomic E-state index is 0.0811. The van der Waals surface area contributed by atoms with Crippen molar-refractivity contribution in [1.29, 1.82) is 0 Å². The Hall–Kier alpha value is -1.89. The Bertz CT molecular complexity index is 589. The Kier molecular flexibility index (Phi) is 3.08. The second kappa shape index (κ2) is 4.41. The Balaban J connectivity index is 2.19. The summed E-state index contributed by atoms with van der Waals surface area (Å²) in [5.41, 5.74) is 0.491. The summed E-state index contributed by atoms with van der Waals surface area (Å²) in [5.74, 6) is 0.0811. The predicted molar refractivity (Wildman–Crippen MR) is 65.3 cm³/mol. The predicted octanol–water partition coefficient (Wildman–Crippen LogP) is 1.77. The maximum atomic E-state index is 11.5. The first-order valence-corrected chi connectivity index (χ1v) is 5.65. The van der Waals surface area contributed by atoms with Crippen molar-refractivity contribution in [1.82, 2.24) is 15.0 Å². The maximum Gasteiger partial charge on any atom is 0.415 e. The molecule has 0 saturated heterocycles. The smallest absolute Gasteiger partial charge is 0.415 e. The minimum atomic E-state index is -0.631. The SMILES string of the molecule is CC(C)(C)OC(=O)Nc1nc(Cl)c2[nH]c[nH+]c2n1. The van der Waals surface area contributed by atoms with Crippen molar-refractivity contribution in [2.75, 3.05) is 5.32 Å². The molecule has 2 heterocycles. The lowest BCUT2D eigenvalue weighted by Crippen LogP contribution is -2.27. The summed E-state index contributed by atoms with van der Waals surface area (Å²) in [6, 6.07) is 0. The monoisotopic (exact) mass is 270 g/mol. The first kappa shape index (κ1) is 12.6. The van der Waals surface area contributed by atoms with E-state index in [1.54, 1.807) is 27.1 Å². The van der Waals surface area contributed by atoms with Gasteiger partial charge in [-0.1, -0.05) is 16.6 Å². The van der Waals surface area contributed by atoms with Crippen molar-refractivity contribution in [3.05, 3.63) is 11.5 Å². The highest BCUT2D eigenvalue weighted by Crippen LogP contribution is 2.17. The third-order valence-electron chi connectivity index (χ3n) is 1.90. The highest BCUT2D eigenvalue weighted by atomic mass is 35.5. The van der Waals surface area contributed by atoms with Crippen LogP contribution >= 0.6 is 11.6 Å². The van der Waals surface area contributed by atoms with Crippen LogP contribution in [0.5, 0.6) is 0 Å². The number of halogens is 1. The Morgan fingerprint density at radius 2 is 2.22 bits per heavy atom. The summed E-state index contributed by atoms with van der Waals surface area (Å²) >= 11 is 5.93. The number of aromatic amines is 2. The van der Waals surface area contributed by atoms with E-state index in [4.69, 9.17) is 16.3 Å². The normalized spacial score (nSPS) is 11.6. The zero-order valence-corrected chi connectivity index (χ0v) is 10.9. The number of imidazole rings is 1. The van der Waals surface area contributed by atoms with Crippen LogP contribution in [0.25, 0.3) is 11.2 Å². The van der Waals surface area contributed by atoms with Crippen molar-refractivity contribution in [3.8, 4) is 0 Å². The molecule has 2 rings (SSSR count). The van der Waals surface area contributed by atoms with Crippen molar-refractivity contribution in [2.45, 2.75) is 26.4 Å². The summed E-state index contributed by atoms with van der Waals surface area (Å²) in [4.78, 5) is 25.2. The van der Waals surface area contributed by atoms with Crippen LogP contribution in [0.4, 0.5) is 10.7 Å². The van der Waals surface area contributed by atoms with Gasteiger partial charge in [0.25, 0.3) is 0 Å². The van der Waals surface area contributed by atoms with Gasteiger partial charge in [-0.05, 0) is 20.8 Å². The third-order valence-corrected chi connectivity index (χ3v) is 2.18. The van der Waals surface area contributed by atoms with E-state index >= 15 is 0 Å². The average molecular weight is 271 g/mol. The van der Waals surface area contributed by atoms with E-state index in [9.17, 15) is 4.79 Å². The van der Waals surface area contributed by atoms with E-state index in [1.165, 1.54) is 0 Å². The van der Waals surface area contributed by atoms with Crippen LogP contribution in [0.15, 0.2) is 6.33 Å². The van der Waals surface area contributed by atoms with E-state index in [0.29, 0.717) is 11.2 Å². The summed E-state index contributed by atoms with van der Waals surface area (Å²) in [6.07, 6.45) is 0.941. The van der Waals surface area contributed by atoms with Gasteiger partial charge in [0.15, 0.2) is 11.5 Å². The van der Waals surface area contributed by atoms with Crippen LogP contribution in [0.3, 0.4) is 0 Å². The molecule has 0 spiro atoms. The number of H-pyrrole nitrogens is 2. The van der Waals surface area contributed by atoms with E-state index in [-0.39, 0.29) is 11.1 Å². The number of nitrogens with zero attached hydrogens (tertiary/aromatic N) is 2. The minimum Gasteiger partial charge on any atom is -0.443 e. The number of aromatic nitrogens is 4. The van der Waals surface area contributed by atoms with Crippen LogP contribution in [-0.2, 0) is 4.74 Å². The summed E-state index contributed by atoms with van der Waals surface area (Å²) in [5, 5.41) is 2.63. The van der Waals surface area contributed by atoms with E-state index in [0.717, 1.165) is 0 Å². The number of ether oxygens (including phenoxy) is 1. The molecule has 0 radical (unpaired) electrons. The molecular weight excluding hydrogens is 258 g/mol. The zero-order chi connectivity index (χ0) is 13.3. The molecule has 0 saturated carbocycles. The largest absolute Gasteiger partial charge is 0.443 e. The molecule has 1 amide bonds. The molecule has 2 aromatic heterocycles. The number of anilines is 1. The van der Waals surface area contributed by atoms with Gasteiger partial charge in [-0.2, -0.15) is 4.98 Å². The fraction of sp³-hybridized carbons (Fsp3) is 0.400. The molecule has 3 N–H and O–H groups in total. The number of amides is 1. The lowest BCUT2D eigenvalue weighted by atomic mass is 10.2. The van der Waals surface area contributed by atoms with E-state index in [1.807, 2.05) is 0 Å². The van der Waals surface area contributed by atoms with Crippen LogP contribution in [0.2, 0.25) is 5.15 Å². The van der Waals surface area contributed by atoms with Gasteiger partial charge in [0.05, 0.1) is 0 Å². The Morgan fingerprint density at radius 3 is 2.89 bits per heavy atom.